The topological polar surface area (TPSA) is 80.5 Å². The van der Waals surface area contributed by atoms with Crippen LogP contribution in [0.25, 0.3) is 5.65 Å². The van der Waals surface area contributed by atoms with Crippen LogP contribution >= 0.6 is 0 Å². The summed E-state index contributed by atoms with van der Waals surface area (Å²) in [6.45, 7) is 0. The van der Waals surface area contributed by atoms with Crippen LogP contribution in [0.15, 0.2) is 30.6 Å². The highest BCUT2D eigenvalue weighted by Crippen LogP contribution is 2.47. The molecule has 2 aliphatic carbocycles. The molecule has 1 amide bonds. The monoisotopic (exact) mass is 319 g/mol. The van der Waals surface area contributed by atoms with Crippen molar-refractivity contribution >= 4 is 21.6 Å². The molecule has 2 bridgehead atoms. The summed E-state index contributed by atoms with van der Waals surface area (Å²) in [6, 6.07) is 5.40. The van der Waals surface area contributed by atoms with E-state index in [0.29, 0.717) is 18.0 Å². The van der Waals surface area contributed by atoms with Crippen LogP contribution in [0.3, 0.4) is 0 Å². The molecule has 0 radical (unpaired) electrons. The molecule has 0 aliphatic heterocycles. The smallest absolute Gasteiger partial charge is 0.284 e. The first-order valence-corrected chi connectivity index (χ1v) is 9.07. The van der Waals surface area contributed by atoms with Crippen molar-refractivity contribution in [2.75, 3.05) is 0 Å². The van der Waals surface area contributed by atoms with Gasteiger partial charge < -0.3 is 4.40 Å². The molecule has 22 heavy (non-hydrogen) atoms. The fourth-order valence-electron chi connectivity index (χ4n) is 3.87. The van der Waals surface area contributed by atoms with Gasteiger partial charge in [-0.2, -0.15) is 0 Å². The summed E-state index contributed by atoms with van der Waals surface area (Å²) < 4.78 is 28.8. The normalized spacial score (nSPS) is 27.4. The Hall–Kier alpha value is -1.89. The minimum absolute atomic E-state index is 0.123. The van der Waals surface area contributed by atoms with Gasteiger partial charge in [-0.15, -0.1) is 0 Å². The van der Waals surface area contributed by atoms with E-state index in [0.717, 1.165) is 19.3 Å². The Balaban J connectivity index is 1.56. The van der Waals surface area contributed by atoms with Crippen LogP contribution in [0.4, 0.5) is 0 Å². The maximum absolute atomic E-state index is 12.5. The van der Waals surface area contributed by atoms with Crippen molar-refractivity contribution < 1.29 is 13.2 Å². The molecule has 2 aliphatic rings. The highest BCUT2D eigenvalue weighted by Gasteiger charge is 2.46. The van der Waals surface area contributed by atoms with E-state index < -0.39 is 21.2 Å². The third kappa shape index (κ3) is 2.20. The predicted molar refractivity (Wildman–Crippen MR) is 80.8 cm³/mol. The number of carbonyl (C=O) groups excluding carboxylic acids is 1. The van der Waals surface area contributed by atoms with Crippen molar-refractivity contribution in [1.82, 2.24) is 14.1 Å². The van der Waals surface area contributed by atoms with Gasteiger partial charge in [-0.05, 0) is 43.2 Å². The van der Waals surface area contributed by atoms with E-state index in [4.69, 9.17) is 0 Å². The molecule has 1 N–H and O–H groups in total. The molecule has 0 spiro atoms. The van der Waals surface area contributed by atoms with Gasteiger partial charge in [-0.25, -0.2) is 18.1 Å². The second-order valence-corrected chi connectivity index (χ2v) is 8.18. The molecule has 2 aromatic rings. The molecule has 116 valence electrons. The molecule has 6 nitrogen and oxygen atoms in total. The third-order valence-electron chi connectivity index (χ3n) is 4.90. The standard InChI is InChI=1S/C15H17N3O3S/c19-15(12-9-18-6-2-1-3-14(18)16-12)17-22(20,21)13-8-10-4-5-11(13)7-10/h1-3,6,9-11,13H,4-5,7-8H2,(H,17,19)/t10-,11+,13?/m1/s1. The van der Waals surface area contributed by atoms with Crippen LogP contribution in [0.1, 0.15) is 36.2 Å². The number of nitrogens with one attached hydrogen (secondary N) is 1. The maximum Gasteiger partial charge on any atom is 0.284 e. The number of rotatable bonds is 3. The minimum atomic E-state index is -3.62. The first-order valence-electron chi connectivity index (χ1n) is 7.52. The van der Waals surface area contributed by atoms with E-state index in [-0.39, 0.29) is 11.6 Å². The molecule has 2 fully saturated rings. The van der Waals surface area contributed by atoms with E-state index in [2.05, 4.69) is 9.71 Å². The lowest BCUT2D eigenvalue weighted by Crippen LogP contribution is -2.40. The molecule has 1 unspecified atom stereocenters. The third-order valence-corrected chi connectivity index (χ3v) is 6.75. The first kappa shape index (κ1) is 13.8. The molecule has 0 saturated heterocycles. The number of amides is 1. The second-order valence-electron chi connectivity index (χ2n) is 6.28. The molecule has 7 heteroatoms. The van der Waals surface area contributed by atoms with Crippen LogP contribution in [0.5, 0.6) is 0 Å². The number of imidazole rings is 1. The Kier molecular flexibility index (Phi) is 3.00. The Labute approximate surface area is 128 Å². The van der Waals surface area contributed by atoms with Crippen molar-refractivity contribution in [1.29, 1.82) is 0 Å². The summed E-state index contributed by atoms with van der Waals surface area (Å²) in [5, 5.41) is -0.424. The van der Waals surface area contributed by atoms with Gasteiger partial charge in [0, 0.05) is 12.4 Å². The van der Waals surface area contributed by atoms with Crippen molar-refractivity contribution in [2.45, 2.75) is 30.9 Å². The number of fused-ring (bicyclic) bond motifs is 3. The van der Waals surface area contributed by atoms with Gasteiger partial charge in [0.2, 0.25) is 10.0 Å². The van der Waals surface area contributed by atoms with Crippen LogP contribution in [-0.2, 0) is 10.0 Å². The fourth-order valence-corrected chi connectivity index (χ4v) is 5.66. The average Bonchev–Trinajstić information content (AvgIpc) is 3.21. The molecular weight excluding hydrogens is 302 g/mol. The molecule has 4 rings (SSSR count). The SMILES string of the molecule is O=C(NS(=O)(=O)C1C[C@@H]2CC[C@H]1C2)c1cn2ccccc2n1. The summed E-state index contributed by atoms with van der Waals surface area (Å²) in [6.07, 6.45) is 7.05. The Morgan fingerprint density at radius 1 is 1.27 bits per heavy atom. The highest BCUT2D eigenvalue weighted by molar-refractivity contribution is 7.90. The number of nitrogens with zero attached hydrogens (tertiary/aromatic N) is 2. The lowest BCUT2D eigenvalue weighted by molar-refractivity contribution is 0.0976. The van der Waals surface area contributed by atoms with Gasteiger partial charge >= 0.3 is 0 Å². The fraction of sp³-hybridized carbons (Fsp3) is 0.467. The van der Waals surface area contributed by atoms with Crippen LogP contribution in [0, 0.1) is 11.8 Å². The summed E-state index contributed by atoms with van der Waals surface area (Å²) in [5.41, 5.74) is 0.739. The lowest BCUT2D eigenvalue weighted by Gasteiger charge is -2.21. The van der Waals surface area contributed by atoms with Gasteiger partial charge in [0.15, 0.2) is 0 Å². The van der Waals surface area contributed by atoms with Crippen molar-refractivity contribution in [3.63, 3.8) is 0 Å². The molecule has 2 saturated carbocycles. The summed E-state index contributed by atoms with van der Waals surface area (Å²) in [5.74, 6) is 0.0692. The Morgan fingerprint density at radius 3 is 2.82 bits per heavy atom. The van der Waals surface area contributed by atoms with E-state index in [1.807, 2.05) is 12.1 Å². The number of hydrogen-bond donors (Lipinski definition) is 1. The van der Waals surface area contributed by atoms with E-state index in [1.165, 1.54) is 0 Å². The van der Waals surface area contributed by atoms with Gasteiger partial charge in [-0.1, -0.05) is 12.5 Å². The van der Waals surface area contributed by atoms with Crippen molar-refractivity contribution in [3.8, 4) is 0 Å². The summed E-state index contributed by atoms with van der Waals surface area (Å²) in [4.78, 5) is 16.4. The quantitative estimate of drug-likeness (QED) is 0.931. The molecule has 2 aromatic heterocycles. The molecule has 0 aromatic carbocycles. The average molecular weight is 319 g/mol. The summed E-state index contributed by atoms with van der Waals surface area (Å²) >= 11 is 0. The Bertz CT molecular complexity index is 810. The number of pyridine rings is 1. The van der Waals surface area contributed by atoms with Crippen LogP contribution in [0.2, 0.25) is 0 Å². The van der Waals surface area contributed by atoms with Gasteiger partial charge in [0.05, 0.1) is 5.25 Å². The second kappa shape index (κ2) is 4.81. The zero-order valence-corrected chi connectivity index (χ0v) is 12.8. The van der Waals surface area contributed by atoms with Crippen molar-refractivity contribution in [2.24, 2.45) is 11.8 Å². The number of sulfonamides is 1. The predicted octanol–water partition coefficient (Wildman–Crippen LogP) is 1.58. The van der Waals surface area contributed by atoms with E-state index >= 15 is 0 Å². The van der Waals surface area contributed by atoms with Crippen LogP contribution in [-0.4, -0.2) is 29.0 Å². The molecule has 2 heterocycles. The van der Waals surface area contributed by atoms with Crippen LogP contribution < -0.4 is 4.72 Å². The van der Waals surface area contributed by atoms with E-state index in [1.54, 1.807) is 22.9 Å². The highest BCUT2D eigenvalue weighted by atomic mass is 32.2. The minimum Gasteiger partial charge on any atom is -0.306 e. The lowest BCUT2D eigenvalue weighted by atomic mass is 10.0. The molecular formula is C15H17N3O3S. The largest absolute Gasteiger partial charge is 0.306 e. The van der Waals surface area contributed by atoms with Gasteiger partial charge in [-0.3, -0.25) is 4.79 Å². The maximum atomic E-state index is 12.5. The number of carbonyl (C=O) groups is 1. The summed E-state index contributed by atoms with van der Waals surface area (Å²) in [7, 11) is -3.62. The number of hydrogen-bond acceptors (Lipinski definition) is 4. The zero-order chi connectivity index (χ0) is 15.3. The Morgan fingerprint density at radius 2 is 2.14 bits per heavy atom. The zero-order valence-electron chi connectivity index (χ0n) is 12.0. The van der Waals surface area contributed by atoms with E-state index in [9.17, 15) is 13.2 Å². The van der Waals surface area contributed by atoms with Crippen molar-refractivity contribution in [3.05, 3.63) is 36.3 Å². The van der Waals surface area contributed by atoms with Gasteiger partial charge in [0.1, 0.15) is 11.3 Å². The number of aromatic nitrogens is 2. The van der Waals surface area contributed by atoms with Gasteiger partial charge in [0.25, 0.3) is 5.91 Å². The first-order chi connectivity index (χ1) is 10.5. The molecule has 3 atom stereocenters.